The molecule has 0 spiro atoms. The highest BCUT2D eigenvalue weighted by Crippen LogP contribution is 2.12. The summed E-state index contributed by atoms with van der Waals surface area (Å²) in [5.74, 6) is -0.149. The average Bonchev–Trinajstić information content (AvgIpc) is 2.71. The van der Waals surface area contributed by atoms with Crippen LogP contribution in [0.25, 0.3) is 0 Å². The zero-order valence-electron chi connectivity index (χ0n) is 10.7. The van der Waals surface area contributed by atoms with Gasteiger partial charge in [0.1, 0.15) is 5.17 Å². The number of rotatable bonds is 2. The van der Waals surface area contributed by atoms with Crippen LogP contribution < -0.4 is 5.32 Å². The molecular weight excluding hydrogens is 260 g/mol. The Hall–Kier alpha value is -1.87. The van der Waals surface area contributed by atoms with Gasteiger partial charge in [0.05, 0.1) is 0 Å². The summed E-state index contributed by atoms with van der Waals surface area (Å²) in [6.07, 6.45) is 14.3. The number of halogens is 1. The van der Waals surface area contributed by atoms with Gasteiger partial charge in [-0.2, -0.15) is 0 Å². The van der Waals surface area contributed by atoms with E-state index in [0.29, 0.717) is 17.2 Å². The summed E-state index contributed by atoms with van der Waals surface area (Å²) in [5.41, 5.74) is 2.63. The van der Waals surface area contributed by atoms with Gasteiger partial charge in [-0.25, -0.2) is 4.99 Å². The molecular formula is C15H15ClN2O. The van der Waals surface area contributed by atoms with Crippen molar-refractivity contribution in [1.82, 2.24) is 5.32 Å². The summed E-state index contributed by atoms with van der Waals surface area (Å²) in [5, 5.41) is 3.25. The van der Waals surface area contributed by atoms with Crippen molar-refractivity contribution in [3.8, 4) is 0 Å². The van der Waals surface area contributed by atoms with Crippen molar-refractivity contribution in [3.05, 3.63) is 59.5 Å². The van der Waals surface area contributed by atoms with E-state index in [4.69, 9.17) is 11.6 Å². The highest BCUT2D eigenvalue weighted by molar-refractivity contribution is 6.68. The largest absolute Gasteiger partial charge is 0.322 e. The molecule has 19 heavy (non-hydrogen) atoms. The molecule has 0 radical (unpaired) electrons. The molecule has 0 aromatic heterocycles. The first-order valence-corrected chi connectivity index (χ1v) is 6.47. The third-order valence-corrected chi connectivity index (χ3v) is 2.99. The van der Waals surface area contributed by atoms with E-state index >= 15 is 0 Å². The first-order chi connectivity index (χ1) is 9.15. The van der Waals surface area contributed by atoms with E-state index < -0.39 is 0 Å². The number of amides is 1. The molecule has 1 N–H and O–H groups in total. The maximum Gasteiger partial charge on any atom is 0.253 e. The highest BCUT2D eigenvalue weighted by atomic mass is 35.5. The predicted octanol–water partition coefficient (Wildman–Crippen LogP) is 3.37. The van der Waals surface area contributed by atoms with Crippen LogP contribution in [0.5, 0.6) is 0 Å². The number of allylic oxidation sites excluding steroid dienone is 7. The molecule has 0 saturated heterocycles. The normalized spacial score (nSPS) is 18.6. The van der Waals surface area contributed by atoms with E-state index in [2.05, 4.69) is 17.2 Å². The minimum atomic E-state index is -0.149. The number of nitrogens with one attached hydrogen (secondary N) is 1. The molecule has 0 bridgehead atoms. The molecule has 1 amide bonds. The topological polar surface area (TPSA) is 41.5 Å². The van der Waals surface area contributed by atoms with Crippen LogP contribution in [-0.2, 0) is 4.79 Å². The van der Waals surface area contributed by atoms with Gasteiger partial charge in [0.25, 0.3) is 5.91 Å². The smallest absolute Gasteiger partial charge is 0.253 e. The Morgan fingerprint density at radius 3 is 2.89 bits per heavy atom. The fourth-order valence-corrected chi connectivity index (χ4v) is 1.83. The van der Waals surface area contributed by atoms with Crippen molar-refractivity contribution in [2.45, 2.75) is 19.8 Å². The second kappa shape index (κ2) is 6.34. The molecule has 3 nitrogen and oxygen atoms in total. The second-order valence-electron chi connectivity index (χ2n) is 4.41. The molecule has 0 saturated carbocycles. The fourth-order valence-electron chi connectivity index (χ4n) is 1.69. The molecule has 4 heteroatoms. The van der Waals surface area contributed by atoms with Gasteiger partial charge < -0.3 is 5.32 Å². The lowest BCUT2D eigenvalue weighted by molar-refractivity contribution is -0.116. The Bertz CT molecular complexity index is 563. The van der Waals surface area contributed by atoms with Crippen molar-refractivity contribution in [2.75, 3.05) is 0 Å². The van der Waals surface area contributed by atoms with Gasteiger partial charge in [-0.15, -0.1) is 0 Å². The summed E-state index contributed by atoms with van der Waals surface area (Å²) in [4.78, 5) is 16.1. The highest BCUT2D eigenvalue weighted by Gasteiger charge is 2.10. The standard InChI is InChI=1S/C15H15ClN2O/c1-11-4-2-6-13(9-8-11)18-15(19)12-5-3-7-14(16)17-10-12/h2-3,6-10H,4-5H2,1H3,(H,18,19). The van der Waals surface area contributed by atoms with Crippen molar-refractivity contribution in [1.29, 1.82) is 0 Å². The Balaban J connectivity index is 2.08. The Kier molecular flexibility index (Phi) is 4.53. The first-order valence-electron chi connectivity index (χ1n) is 6.09. The summed E-state index contributed by atoms with van der Waals surface area (Å²) in [6, 6.07) is 0. The molecule has 1 aliphatic heterocycles. The van der Waals surface area contributed by atoms with E-state index in [1.54, 1.807) is 6.08 Å². The molecule has 0 fully saturated rings. The predicted molar refractivity (Wildman–Crippen MR) is 78.9 cm³/mol. The third-order valence-electron chi connectivity index (χ3n) is 2.77. The molecule has 0 unspecified atom stereocenters. The Labute approximate surface area is 117 Å². The Morgan fingerprint density at radius 2 is 2.05 bits per heavy atom. The second-order valence-corrected chi connectivity index (χ2v) is 4.80. The lowest BCUT2D eigenvalue weighted by Crippen LogP contribution is -2.23. The molecule has 0 aromatic rings. The van der Waals surface area contributed by atoms with Gasteiger partial charge in [-0.05, 0) is 38.0 Å². The number of carbonyl (C=O) groups excluding carboxylic acids is 1. The van der Waals surface area contributed by atoms with Crippen LogP contribution >= 0.6 is 11.6 Å². The molecule has 2 aliphatic rings. The van der Waals surface area contributed by atoms with Crippen LogP contribution in [-0.4, -0.2) is 11.1 Å². The lowest BCUT2D eigenvalue weighted by Gasteiger charge is -2.06. The van der Waals surface area contributed by atoms with Crippen LogP contribution in [0.4, 0.5) is 0 Å². The molecule has 0 atom stereocenters. The van der Waals surface area contributed by atoms with Crippen molar-refractivity contribution >= 4 is 22.7 Å². The molecule has 98 valence electrons. The quantitative estimate of drug-likeness (QED) is 0.824. The number of hydrogen-bond donors (Lipinski definition) is 1. The third kappa shape index (κ3) is 4.07. The van der Waals surface area contributed by atoms with Crippen LogP contribution in [0.3, 0.4) is 0 Å². The minimum absolute atomic E-state index is 0.149. The van der Waals surface area contributed by atoms with Gasteiger partial charge >= 0.3 is 0 Å². The van der Waals surface area contributed by atoms with Crippen LogP contribution in [0, 0.1) is 0 Å². The van der Waals surface area contributed by atoms with E-state index in [1.807, 2.05) is 30.4 Å². The van der Waals surface area contributed by atoms with Crippen LogP contribution in [0.15, 0.2) is 64.5 Å². The number of nitrogens with zero attached hydrogens (tertiary/aromatic N) is 1. The Morgan fingerprint density at radius 1 is 1.26 bits per heavy atom. The van der Waals surface area contributed by atoms with E-state index in [-0.39, 0.29) is 5.91 Å². The zero-order chi connectivity index (χ0) is 13.7. The maximum absolute atomic E-state index is 12.1. The van der Waals surface area contributed by atoms with Crippen molar-refractivity contribution < 1.29 is 4.79 Å². The zero-order valence-corrected chi connectivity index (χ0v) is 11.4. The SMILES string of the molecule is CC1=CC=C(NC(=O)C2=CN=C(Cl)C=CC2)C=CC1. The lowest BCUT2D eigenvalue weighted by atomic mass is 10.2. The number of hydrogen-bond acceptors (Lipinski definition) is 2. The molecule has 1 heterocycles. The maximum atomic E-state index is 12.1. The number of aliphatic imine (C=N–C) groups is 1. The average molecular weight is 275 g/mol. The fraction of sp³-hybridized carbons (Fsp3) is 0.200. The van der Waals surface area contributed by atoms with Gasteiger partial charge in [0, 0.05) is 17.5 Å². The minimum Gasteiger partial charge on any atom is -0.322 e. The van der Waals surface area contributed by atoms with E-state index in [1.165, 1.54) is 11.8 Å². The summed E-state index contributed by atoms with van der Waals surface area (Å²) in [7, 11) is 0. The van der Waals surface area contributed by atoms with E-state index in [0.717, 1.165) is 12.1 Å². The molecule has 0 aromatic carbocycles. The van der Waals surface area contributed by atoms with Crippen LogP contribution in [0.2, 0.25) is 0 Å². The van der Waals surface area contributed by atoms with Crippen LogP contribution in [0.1, 0.15) is 19.8 Å². The number of carbonyl (C=O) groups is 1. The first kappa shape index (κ1) is 13.6. The van der Waals surface area contributed by atoms with Gasteiger partial charge in [-0.3, -0.25) is 4.79 Å². The van der Waals surface area contributed by atoms with Crippen molar-refractivity contribution in [3.63, 3.8) is 0 Å². The van der Waals surface area contributed by atoms with Gasteiger partial charge in [0.2, 0.25) is 0 Å². The van der Waals surface area contributed by atoms with Gasteiger partial charge in [-0.1, -0.05) is 35.4 Å². The monoisotopic (exact) mass is 274 g/mol. The summed E-state index contributed by atoms with van der Waals surface area (Å²) in [6.45, 7) is 2.06. The molecule has 2 rings (SSSR count). The summed E-state index contributed by atoms with van der Waals surface area (Å²) >= 11 is 5.78. The van der Waals surface area contributed by atoms with E-state index in [9.17, 15) is 4.79 Å². The van der Waals surface area contributed by atoms with Crippen molar-refractivity contribution in [2.24, 2.45) is 4.99 Å². The molecule has 1 aliphatic carbocycles. The summed E-state index contributed by atoms with van der Waals surface area (Å²) < 4.78 is 0. The van der Waals surface area contributed by atoms with Gasteiger partial charge in [0.15, 0.2) is 0 Å².